The van der Waals surface area contributed by atoms with Crippen LogP contribution in [0.4, 0.5) is 5.82 Å². The van der Waals surface area contributed by atoms with Gasteiger partial charge in [-0.15, -0.1) is 0 Å². The van der Waals surface area contributed by atoms with Gasteiger partial charge in [-0.3, -0.25) is 0 Å². The smallest absolute Gasteiger partial charge is 0.136 e. The van der Waals surface area contributed by atoms with Crippen molar-refractivity contribution < 1.29 is 0 Å². The standard InChI is InChI=1S/C15H17N3S/c1-2-11-6-3-4-7-12(11)10-18-15-13(14(16)19)8-5-9-17-15/h3-9H,2,10H2,1H3,(H2,16,19)(H,17,18). The van der Waals surface area contributed by atoms with E-state index in [0.29, 0.717) is 4.99 Å². The molecular weight excluding hydrogens is 254 g/mol. The van der Waals surface area contributed by atoms with Crippen LogP contribution in [0.1, 0.15) is 23.6 Å². The minimum absolute atomic E-state index is 0.361. The van der Waals surface area contributed by atoms with E-state index in [-0.39, 0.29) is 0 Å². The summed E-state index contributed by atoms with van der Waals surface area (Å²) in [6.45, 7) is 2.87. The van der Waals surface area contributed by atoms with Crippen LogP contribution in [0.15, 0.2) is 42.6 Å². The van der Waals surface area contributed by atoms with Crippen LogP contribution in [0, 0.1) is 0 Å². The molecule has 0 atom stereocenters. The molecule has 0 spiro atoms. The Morgan fingerprint density at radius 3 is 2.63 bits per heavy atom. The molecule has 0 aliphatic carbocycles. The van der Waals surface area contributed by atoms with E-state index in [1.54, 1.807) is 6.20 Å². The minimum atomic E-state index is 0.361. The average molecular weight is 271 g/mol. The van der Waals surface area contributed by atoms with Crippen molar-refractivity contribution in [1.29, 1.82) is 0 Å². The number of aromatic nitrogens is 1. The van der Waals surface area contributed by atoms with Gasteiger partial charge in [0.2, 0.25) is 0 Å². The summed E-state index contributed by atoms with van der Waals surface area (Å²) >= 11 is 5.03. The van der Waals surface area contributed by atoms with Crippen molar-refractivity contribution in [3.05, 3.63) is 59.3 Å². The number of hydrogen-bond donors (Lipinski definition) is 2. The normalized spacial score (nSPS) is 10.2. The maximum atomic E-state index is 5.69. The number of rotatable bonds is 5. The van der Waals surface area contributed by atoms with Crippen LogP contribution in [-0.4, -0.2) is 9.97 Å². The monoisotopic (exact) mass is 271 g/mol. The van der Waals surface area contributed by atoms with Crippen molar-refractivity contribution in [1.82, 2.24) is 4.98 Å². The van der Waals surface area contributed by atoms with Crippen LogP contribution in [0.25, 0.3) is 0 Å². The number of nitrogens with one attached hydrogen (secondary N) is 1. The van der Waals surface area contributed by atoms with Gasteiger partial charge in [0.05, 0.1) is 5.56 Å². The van der Waals surface area contributed by atoms with Crippen molar-refractivity contribution in [2.75, 3.05) is 5.32 Å². The SMILES string of the molecule is CCc1ccccc1CNc1ncccc1C(N)=S. The molecule has 0 bridgehead atoms. The van der Waals surface area contributed by atoms with Gasteiger partial charge in [-0.05, 0) is 29.7 Å². The third-order valence-corrected chi connectivity index (χ3v) is 3.24. The predicted molar refractivity (Wildman–Crippen MR) is 83.3 cm³/mol. The van der Waals surface area contributed by atoms with Crippen LogP contribution in [0.2, 0.25) is 0 Å². The molecule has 2 aromatic rings. The van der Waals surface area contributed by atoms with Gasteiger partial charge in [-0.25, -0.2) is 4.98 Å². The van der Waals surface area contributed by atoms with Gasteiger partial charge < -0.3 is 11.1 Å². The molecule has 0 saturated heterocycles. The highest BCUT2D eigenvalue weighted by atomic mass is 32.1. The van der Waals surface area contributed by atoms with Crippen molar-refractivity contribution in [3.8, 4) is 0 Å². The van der Waals surface area contributed by atoms with Gasteiger partial charge in [-0.1, -0.05) is 43.4 Å². The van der Waals surface area contributed by atoms with E-state index in [4.69, 9.17) is 18.0 Å². The molecule has 4 heteroatoms. The topological polar surface area (TPSA) is 50.9 Å². The van der Waals surface area contributed by atoms with E-state index < -0.39 is 0 Å². The first-order chi connectivity index (χ1) is 9.22. The quantitative estimate of drug-likeness (QED) is 0.821. The van der Waals surface area contributed by atoms with Gasteiger partial charge in [-0.2, -0.15) is 0 Å². The molecule has 0 amide bonds. The molecule has 98 valence electrons. The van der Waals surface area contributed by atoms with Crippen molar-refractivity contribution >= 4 is 23.0 Å². The molecule has 1 aromatic carbocycles. The van der Waals surface area contributed by atoms with E-state index in [1.807, 2.05) is 18.2 Å². The summed E-state index contributed by atoms with van der Waals surface area (Å²) in [5.41, 5.74) is 9.08. The fraction of sp³-hybridized carbons (Fsp3) is 0.200. The number of hydrogen-bond acceptors (Lipinski definition) is 3. The summed E-state index contributed by atoms with van der Waals surface area (Å²) in [5, 5.41) is 3.31. The van der Waals surface area contributed by atoms with Crippen LogP contribution in [0.3, 0.4) is 0 Å². The van der Waals surface area contributed by atoms with Crippen molar-refractivity contribution in [3.63, 3.8) is 0 Å². The molecule has 0 saturated carbocycles. The summed E-state index contributed by atoms with van der Waals surface area (Å²) in [4.78, 5) is 4.65. The van der Waals surface area contributed by atoms with Gasteiger partial charge in [0.25, 0.3) is 0 Å². The van der Waals surface area contributed by atoms with E-state index in [0.717, 1.165) is 24.3 Å². The van der Waals surface area contributed by atoms with Crippen molar-refractivity contribution in [2.24, 2.45) is 5.73 Å². The molecule has 1 aromatic heterocycles. The number of anilines is 1. The molecule has 3 nitrogen and oxygen atoms in total. The Morgan fingerprint density at radius 2 is 1.95 bits per heavy atom. The molecule has 1 heterocycles. The van der Waals surface area contributed by atoms with E-state index in [1.165, 1.54) is 11.1 Å². The van der Waals surface area contributed by atoms with Gasteiger partial charge >= 0.3 is 0 Å². The van der Waals surface area contributed by atoms with Gasteiger partial charge in [0.1, 0.15) is 10.8 Å². The number of nitrogens with two attached hydrogens (primary N) is 1. The maximum absolute atomic E-state index is 5.69. The molecule has 0 aliphatic heterocycles. The van der Waals surface area contributed by atoms with Gasteiger partial charge in [0.15, 0.2) is 0 Å². The fourth-order valence-electron chi connectivity index (χ4n) is 2.00. The Bertz CT molecular complexity index is 581. The largest absolute Gasteiger partial charge is 0.389 e. The molecule has 3 N–H and O–H groups in total. The Balaban J connectivity index is 2.17. The first-order valence-electron chi connectivity index (χ1n) is 6.28. The zero-order valence-electron chi connectivity index (χ0n) is 10.9. The highest BCUT2D eigenvalue weighted by Crippen LogP contribution is 2.15. The van der Waals surface area contributed by atoms with Crippen LogP contribution >= 0.6 is 12.2 Å². The molecule has 19 heavy (non-hydrogen) atoms. The second kappa shape index (κ2) is 6.29. The Hall–Kier alpha value is -1.94. The summed E-state index contributed by atoms with van der Waals surface area (Å²) in [6.07, 6.45) is 2.75. The zero-order chi connectivity index (χ0) is 13.7. The lowest BCUT2D eigenvalue weighted by atomic mass is 10.1. The van der Waals surface area contributed by atoms with Crippen LogP contribution in [-0.2, 0) is 13.0 Å². The third-order valence-electron chi connectivity index (χ3n) is 3.02. The fourth-order valence-corrected chi connectivity index (χ4v) is 2.16. The summed E-state index contributed by atoms with van der Waals surface area (Å²) in [7, 11) is 0. The number of aryl methyl sites for hydroxylation is 1. The molecule has 0 aliphatic rings. The zero-order valence-corrected chi connectivity index (χ0v) is 11.7. The second-order valence-corrected chi connectivity index (χ2v) is 4.68. The van der Waals surface area contributed by atoms with Crippen LogP contribution < -0.4 is 11.1 Å². The highest BCUT2D eigenvalue weighted by molar-refractivity contribution is 7.80. The number of pyridine rings is 1. The average Bonchev–Trinajstić information content (AvgIpc) is 2.45. The molecule has 2 rings (SSSR count). The highest BCUT2D eigenvalue weighted by Gasteiger charge is 2.06. The summed E-state index contributed by atoms with van der Waals surface area (Å²) in [5.74, 6) is 0.737. The van der Waals surface area contributed by atoms with E-state index >= 15 is 0 Å². The summed E-state index contributed by atoms with van der Waals surface area (Å²) in [6, 6.07) is 12.1. The Kier molecular flexibility index (Phi) is 4.47. The van der Waals surface area contributed by atoms with E-state index in [2.05, 4.69) is 35.4 Å². The molecule has 0 radical (unpaired) electrons. The lowest BCUT2D eigenvalue weighted by Crippen LogP contribution is -2.14. The molecular formula is C15H17N3S. The predicted octanol–water partition coefficient (Wildman–Crippen LogP) is 2.89. The number of thiocarbonyl (C=S) groups is 1. The van der Waals surface area contributed by atoms with Crippen LogP contribution in [0.5, 0.6) is 0 Å². The maximum Gasteiger partial charge on any atom is 0.136 e. The molecule has 0 fully saturated rings. The second-order valence-electron chi connectivity index (χ2n) is 4.24. The third kappa shape index (κ3) is 3.29. The lowest BCUT2D eigenvalue weighted by Gasteiger charge is -2.12. The number of nitrogens with zero attached hydrogens (tertiary/aromatic N) is 1. The number of benzene rings is 1. The van der Waals surface area contributed by atoms with Crippen molar-refractivity contribution in [2.45, 2.75) is 19.9 Å². The summed E-state index contributed by atoms with van der Waals surface area (Å²) < 4.78 is 0. The first-order valence-corrected chi connectivity index (χ1v) is 6.68. The Morgan fingerprint density at radius 1 is 1.21 bits per heavy atom. The van der Waals surface area contributed by atoms with Gasteiger partial charge in [0, 0.05) is 12.7 Å². The molecule has 0 unspecified atom stereocenters. The minimum Gasteiger partial charge on any atom is -0.389 e. The first kappa shape index (κ1) is 13.5. The Labute approximate surface area is 118 Å². The van der Waals surface area contributed by atoms with E-state index in [9.17, 15) is 0 Å². The lowest BCUT2D eigenvalue weighted by molar-refractivity contribution is 1.03.